The lowest BCUT2D eigenvalue weighted by atomic mass is 9.61. The van der Waals surface area contributed by atoms with Gasteiger partial charge in [0.05, 0.1) is 6.61 Å². The molecule has 0 spiro atoms. The topological polar surface area (TPSA) is 124 Å². The van der Waals surface area contributed by atoms with Crippen molar-refractivity contribution in [3.63, 3.8) is 0 Å². The van der Waals surface area contributed by atoms with Gasteiger partial charge in [-0.25, -0.2) is 0 Å². The molecule has 42 heavy (non-hydrogen) atoms. The van der Waals surface area contributed by atoms with Crippen LogP contribution < -0.4 is 0 Å². The Kier molecular flexibility index (Phi) is 13.8. The predicted octanol–water partition coefficient (Wildman–Crippen LogP) is 4.56. The summed E-state index contributed by atoms with van der Waals surface area (Å²) >= 11 is 1.65. The molecule has 10 nitrogen and oxygen atoms in total. The summed E-state index contributed by atoms with van der Waals surface area (Å²) < 4.78 is 33.3. The van der Waals surface area contributed by atoms with Crippen molar-refractivity contribution in [3.8, 4) is 0 Å². The first kappa shape index (κ1) is 35.6. The van der Waals surface area contributed by atoms with E-state index in [1.54, 1.807) is 11.8 Å². The average Bonchev–Trinajstić information content (AvgIpc) is 2.89. The Morgan fingerprint density at radius 3 is 2.07 bits per heavy atom. The van der Waals surface area contributed by atoms with Gasteiger partial charge < -0.3 is 28.4 Å². The van der Waals surface area contributed by atoms with Crippen molar-refractivity contribution in [2.45, 2.75) is 91.5 Å². The third kappa shape index (κ3) is 10.3. The lowest BCUT2D eigenvalue weighted by Gasteiger charge is -2.44. The number of hydrogen-bond donors (Lipinski definition) is 0. The Labute approximate surface area is 253 Å². The minimum absolute atomic E-state index is 0.0494. The van der Waals surface area contributed by atoms with Gasteiger partial charge in [0.2, 0.25) is 0 Å². The van der Waals surface area contributed by atoms with Gasteiger partial charge in [-0.15, -0.1) is 6.58 Å². The molecular formula is C31H46O10S. The molecule has 0 amide bonds. The van der Waals surface area contributed by atoms with Crippen LogP contribution in [0.25, 0.3) is 0 Å². The Morgan fingerprint density at radius 1 is 0.929 bits per heavy atom. The summed E-state index contributed by atoms with van der Waals surface area (Å²) in [6.07, 6.45) is -0.777. The van der Waals surface area contributed by atoms with E-state index in [0.717, 1.165) is 25.0 Å². The predicted molar refractivity (Wildman–Crippen MR) is 158 cm³/mol. The molecule has 0 aromatic rings. The highest BCUT2D eigenvalue weighted by molar-refractivity contribution is 7.99. The Bertz CT molecular complexity index is 1030. The largest absolute Gasteiger partial charge is 0.463 e. The second-order valence-electron chi connectivity index (χ2n) is 11.2. The molecule has 0 radical (unpaired) electrons. The molecule has 1 saturated heterocycles. The van der Waals surface area contributed by atoms with Gasteiger partial charge in [0, 0.05) is 39.2 Å². The molecule has 236 valence electrons. The van der Waals surface area contributed by atoms with Crippen molar-refractivity contribution >= 4 is 35.6 Å². The average molecular weight is 611 g/mol. The number of hydrogen-bond acceptors (Lipinski definition) is 11. The van der Waals surface area contributed by atoms with Crippen molar-refractivity contribution in [3.05, 3.63) is 37.0 Å². The smallest absolute Gasteiger partial charge is 0.303 e. The maximum absolute atomic E-state index is 12.0. The zero-order valence-electron chi connectivity index (χ0n) is 25.7. The molecule has 0 N–H and O–H groups in total. The van der Waals surface area contributed by atoms with E-state index in [-0.39, 0.29) is 18.6 Å². The van der Waals surface area contributed by atoms with Gasteiger partial charge >= 0.3 is 23.9 Å². The monoisotopic (exact) mass is 610 g/mol. The van der Waals surface area contributed by atoms with E-state index < -0.39 is 54.6 Å². The Balaban J connectivity index is 2.06. The quantitative estimate of drug-likeness (QED) is 0.119. The highest BCUT2D eigenvalue weighted by Gasteiger charge is 2.52. The molecule has 1 aliphatic heterocycles. The third-order valence-corrected chi connectivity index (χ3v) is 8.76. The molecule has 2 aliphatic rings. The summed E-state index contributed by atoms with van der Waals surface area (Å²) in [7, 11) is 0. The number of esters is 4. The van der Waals surface area contributed by atoms with E-state index in [0.29, 0.717) is 17.6 Å². The van der Waals surface area contributed by atoms with E-state index in [9.17, 15) is 19.2 Å². The number of allylic oxidation sites excluding steroid dienone is 2. The van der Waals surface area contributed by atoms with Crippen LogP contribution in [-0.2, 0) is 47.6 Å². The molecule has 11 heteroatoms. The van der Waals surface area contributed by atoms with E-state index in [4.69, 9.17) is 28.4 Å². The summed E-state index contributed by atoms with van der Waals surface area (Å²) in [5.74, 6) is -0.551. The fourth-order valence-corrected chi connectivity index (χ4v) is 6.43. The van der Waals surface area contributed by atoms with Gasteiger partial charge in [0.1, 0.15) is 12.7 Å². The van der Waals surface area contributed by atoms with Crippen LogP contribution in [0.2, 0.25) is 0 Å². The highest BCUT2D eigenvalue weighted by Crippen LogP contribution is 2.49. The van der Waals surface area contributed by atoms with Crippen LogP contribution in [0, 0.1) is 17.3 Å². The first-order valence-corrected chi connectivity index (χ1v) is 15.3. The molecule has 3 unspecified atom stereocenters. The van der Waals surface area contributed by atoms with Gasteiger partial charge in [0.15, 0.2) is 24.6 Å². The molecule has 0 aromatic heterocycles. The Morgan fingerprint density at radius 2 is 1.52 bits per heavy atom. The minimum Gasteiger partial charge on any atom is -0.463 e. The van der Waals surface area contributed by atoms with E-state index >= 15 is 0 Å². The molecule has 0 bridgehead atoms. The van der Waals surface area contributed by atoms with Gasteiger partial charge in [-0.3, -0.25) is 19.2 Å². The van der Waals surface area contributed by atoms with Crippen LogP contribution in [0.5, 0.6) is 0 Å². The van der Waals surface area contributed by atoms with Crippen LogP contribution in [0.3, 0.4) is 0 Å². The fraction of sp³-hybridized carbons (Fsp3) is 0.677. The van der Waals surface area contributed by atoms with Crippen LogP contribution >= 0.6 is 11.8 Å². The van der Waals surface area contributed by atoms with Crippen LogP contribution in [0.1, 0.15) is 60.8 Å². The normalized spacial score (nSPS) is 30.9. The first-order valence-electron chi connectivity index (χ1n) is 14.1. The number of ether oxygens (including phenoxy) is 6. The van der Waals surface area contributed by atoms with Gasteiger partial charge in [-0.2, -0.15) is 11.8 Å². The van der Waals surface area contributed by atoms with Crippen LogP contribution in [0.4, 0.5) is 0 Å². The molecule has 1 aliphatic carbocycles. The summed E-state index contributed by atoms with van der Waals surface area (Å²) in [6, 6.07) is 0. The summed E-state index contributed by atoms with van der Waals surface area (Å²) in [5, 5.41) is 0. The van der Waals surface area contributed by atoms with Crippen LogP contribution in [0.15, 0.2) is 37.0 Å². The number of carbonyl (C=O) groups is 4. The molecule has 1 heterocycles. The minimum atomic E-state index is -1.25. The van der Waals surface area contributed by atoms with Crippen molar-refractivity contribution < 1.29 is 47.6 Å². The standard InChI is InChI=1S/C31H46O10S/c1-10-31(9)12-11-24(15-25(31)18(2)3)19(4)17-42-14-13-36-30-29(40-23(8)35)28(39-22(7)34)27(38-21(6)33)26(41-30)16-37-20(5)32/h10,24-30H,1-2,4,11-17H2,3,5-9H3/t24?,25?,26-,27-,28+,29-,30-,31?/m0/s1. The van der Waals surface area contributed by atoms with Crippen molar-refractivity contribution in [2.24, 2.45) is 17.3 Å². The summed E-state index contributed by atoms with van der Waals surface area (Å²) in [6.45, 7) is 21.6. The summed E-state index contributed by atoms with van der Waals surface area (Å²) in [4.78, 5) is 47.3. The maximum atomic E-state index is 12.0. The maximum Gasteiger partial charge on any atom is 0.303 e. The zero-order valence-corrected chi connectivity index (χ0v) is 26.5. The van der Waals surface area contributed by atoms with E-state index in [2.05, 4.69) is 39.7 Å². The number of rotatable bonds is 14. The third-order valence-electron chi connectivity index (χ3n) is 7.73. The lowest BCUT2D eigenvalue weighted by molar-refractivity contribution is -0.307. The molecule has 0 aromatic carbocycles. The second kappa shape index (κ2) is 16.3. The number of thioether (sulfide) groups is 1. The van der Waals surface area contributed by atoms with Gasteiger partial charge in [0.25, 0.3) is 0 Å². The van der Waals surface area contributed by atoms with Crippen molar-refractivity contribution in [1.82, 2.24) is 0 Å². The highest BCUT2D eigenvalue weighted by atomic mass is 32.2. The Hall–Kier alpha value is -2.63. The van der Waals surface area contributed by atoms with Crippen molar-refractivity contribution in [2.75, 3.05) is 24.7 Å². The fourth-order valence-electron chi connectivity index (χ4n) is 5.58. The SMILES string of the molecule is C=CC1(C)CCC(C(=C)CSCCO[C@H]2O[C@@H](COC(C)=O)[C@H](OC(C)=O)[C@@H](OC(C)=O)[C@@H]2OC(C)=O)CC1C(=C)C. The lowest BCUT2D eigenvalue weighted by Crippen LogP contribution is -2.63. The van der Waals surface area contributed by atoms with E-state index in [1.165, 1.54) is 38.8 Å². The molecular weight excluding hydrogens is 564 g/mol. The first-order chi connectivity index (χ1) is 19.7. The van der Waals surface area contributed by atoms with Gasteiger partial charge in [-0.05, 0) is 43.4 Å². The van der Waals surface area contributed by atoms with E-state index in [1.807, 2.05) is 0 Å². The molecule has 8 atom stereocenters. The molecule has 1 saturated carbocycles. The van der Waals surface area contributed by atoms with Gasteiger partial charge in [-0.1, -0.05) is 37.3 Å². The van der Waals surface area contributed by atoms with Crippen LogP contribution in [-0.4, -0.2) is 79.3 Å². The second-order valence-corrected chi connectivity index (χ2v) is 12.3. The zero-order chi connectivity index (χ0) is 31.6. The summed E-state index contributed by atoms with van der Waals surface area (Å²) in [5.41, 5.74) is 2.39. The molecule has 2 rings (SSSR count). The van der Waals surface area contributed by atoms with Crippen molar-refractivity contribution in [1.29, 1.82) is 0 Å². The number of carbonyl (C=O) groups excluding carboxylic acids is 4. The molecule has 2 fully saturated rings.